The van der Waals surface area contributed by atoms with Gasteiger partial charge in [0, 0.05) is 18.5 Å². The van der Waals surface area contributed by atoms with Crippen LogP contribution >= 0.6 is 11.6 Å². The number of rotatable bonds is 2. The molecule has 19 heavy (non-hydrogen) atoms. The van der Waals surface area contributed by atoms with Crippen LogP contribution in [0.2, 0.25) is 0 Å². The summed E-state index contributed by atoms with van der Waals surface area (Å²) in [6.07, 6.45) is 1.44. The lowest BCUT2D eigenvalue weighted by Crippen LogP contribution is -2.46. The van der Waals surface area contributed by atoms with E-state index in [1.807, 2.05) is 24.3 Å². The van der Waals surface area contributed by atoms with Crippen LogP contribution in [0.1, 0.15) is 10.4 Å². The van der Waals surface area contributed by atoms with E-state index >= 15 is 0 Å². The Hall–Kier alpha value is -1.52. The summed E-state index contributed by atoms with van der Waals surface area (Å²) in [6.45, 7) is 1.65. The molecule has 0 spiro atoms. The van der Waals surface area contributed by atoms with Crippen molar-refractivity contribution in [3.05, 3.63) is 36.1 Å². The topological polar surface area (TPSA) is 42.7 Å². The fourth-order valence-corrected chi connectivity index (χ4v) is 2.50. The Morgan fingerprint density at radius 2 is 2.26 bits per heavy atom. The van der Waals surface area contributed by atoms with Crippen molar-refractivity contribution in [3.63, 3.8) is 0 Å². The van der Waals surface area contributed by atoms with Crippen molar-refractivity contribution in [2.24, 2.45) is 0 Å². The van der Waals surface area contributed by atoms with E-state index in [4.69, 9.17) is 20.8 Å². The molecule has 1 atom stereocenters. The lowest BCUT2D eigenvalue weighted by molar-refractivity contribution is -0.0107. The quantitative estimate of drug-likeness (QED) is 0.794. The smallest absolute Gasteiger partial charge is 0.257 e. The van der Waals surface area contributed by atoms with Gasteiger partial charge in [-0.25, -0.2) is 0 Å². The molecule has 1 unspecified atom stereocenters. The Bertz CT molecular complexity index is 595. The lowest BCUT2D eigenvalue weighted by atomic mass is 10.1. The zero-order chi connectivity index (χ0) is 13.2. The molecule has 1 aromatic carbocycles. The summed E-state index contributed by atoms with van der Waals surface area (Å²) >= 11 is 5.79. The zero-order valence-electron chi connectivity index (χ0n) is 10.3. The van der Waals surface area contributed by atoms with Crippen LogP contribution in [-0.4, -0.2) is 42.5 Å². The van der Waals surface area contributed by atoms with Gasteiger partial charge in [0.15, 0.2) is 0 Å². The van der Waals surface area contributed by atoms with Crippen LogP contribution in [0, 0.1) is 0 Å². The predicted molar refractivity (Wildman–Crippen MR) is 72.6 cm³/mol. The lowest BCUT2D eigenvalue weighted by Gasteiger charge is -2.31. The number of benzene rings is 1. The highest BCUT2D eigenvalue weighted by molar-refractivity contribution is 6.18. The molecule has 0 radical (unpaired) electrons. The van der Waals surface area contributed by atoms with E-state index < -0.39 is 0 Å². The monoisotopic (exact) mass is 279 g/mol. The number of nitrogens with zero attached hydrogens (tertiary/aromatic N) is 1. The second-order valence-corrected chi connectivity index (χ2v) is 4.85. The van der Waals surface area contributed by atoms with Crippen LogP contribution in [-0.2, 0) is 4.74 Å². The Labute approximate surface area is 115 Å². The number of alkyl halides is 1. The van der Waals surface area contributed by atoms with Crippen LogP contribution < -0.4 is 0 Å². The summed E-state index contributed by atoms with van der Waals surface area (Å²) in [5, 5.41) is 0.849. The van der Waals surface area contributed by atoms with Crippen molar-refractivity contribution in [3.8, 4) is 0 Å². The van der Waals surface area contributed by atoms with Crippen LogP contribution in [0.3, 0.4) is 0 Å². The third-order valence-corrected chi connectivity index (χ3v) is 3.65. The summed E-state index contributed by atoms with van der Waals surface area (Å²) in [5.41, 5.74) is 1.33. The number of furan rings is 1. The third-order valence-electron chi connectivity index (χ3n) is 3.31. The van der Waals surface area contributed by atoms with E-state index in [2.05, 4.69) is 0 Å². The van der Waals surface area contributed by atoms with Gasteiger partial charge in [-0.05, 0) is 6.07 Å². The first kappa shape index (κ1) is 12.5. The van der Waals surface area contributed by atoms with Crippen molar-refractivity contribution >= 4 is 28.5 Å². The summed E-state index contributed by atoms with van der Waals surface area (Å²) in [4.78, 5) is 14.3. The molecule has 0 bridgehead atoms. The van der Waals surface area contributed by atoms with Gasteiger partial charge in [0.25, 0.3) is 5.91 Å². The summed E-state index contributed by atoms with van der Waals surface area (Å²) < 4.78 is 10.9. The fraction of sp³-hybridized carbons (Fsp3) is 0.357. The van der Waals surface area contributed by atoms with E-state index in [-0.39, 0.29) is 12.0 Å². The number of para-hydroxylation sites is 1. The molecular formula is C14H14ClNO3. The first-order chi connectivity index (χ1) is 9.29. The van der Waals surface area contributed by atoms with Crippen molar-refractivity contribution < 1.29 is 13.9 Å². The molecule has 5 heteroatoms. The number of fused-ring (bicyclic) bond motifs is 1. The molecule has 100 valence electrons. The largest absolute Gasteiger partial charge is 0.463 e. The highest BCUT2D eigenvalue weighted by Gasteiger charge is 2.26. The Morgan fingerprint density at radius 1 is 1.42 bits per heavy atom. The molecular weight excluding hydrogens is 266 g/mol. The van der Waals surface area contributed by atoms with Crippen molar-refractivity contribution in [2.75, 3.05) is 25.6 Å². The number of ether oxygens (including phenoxy) is 1. The Kier molecular flexibility index (Phi) is 3.44. The molecule has 1 aliphatic heterocycles. The van der Waals surface area contributed by atoms with Crippen molar-refractivity contribution in [1.82, 2.24) is 4.90 Å². The number of amides is 1. The first-order valence-corrected chi connectivity index (χ1v) is 6.76. The zero-order valence-corrected chi connectivity index (χ0v) is 11.1. The number of carbonyl (C=O) groups excluding carboxylic acids is 1. The van der Waals surface area contributed by atoms with Gasteiger partial charge in [0.1, 0.15) is 11.8 Å². The van der Waals surface area contributed by atoms with Gasteiger partial charge in [-0.15, -0.1) is 11.6 Å². The number of carbonyl (C=O) groups is 1. The Morgan fingerprint density at radius 3 is 3.11 bits per heavy atom. The molecule has 0 aliphatic carbocycles. The maximum absolute atomic E-state index is 12.5. The predicted octanol–water partition coefficient (Wildman–Crippen LogP) is 2.51. The van der Waals surface area contributed by atoms with E-state index in [0.717, 1.165) is 11.0 Å². The van der Waals surface area contributed by atoms with Gasteiger partial charge >= 0.3 is 0 Å². The average Bonchev–Trinajstić information content (AvgIpc) is 2.90. The van der Waals surface area contributed by atoms with Gasteiger partial charge in [0.05, 0.1) is 24.2 Å². The fourth-order valence-electron chi connectivity index (χ4n) is 2.31. The van der Waals surface area contributed by atoms with Gasteiger partial charge in [-0.2, -0.15) is 0 Å². The van der Waals surface area contributed by atoms with Crippen molar-refractivity contribution in [1.29, 1.82) is 0 Å². The minimum Gasteiger partial charge on any atom is -0.463 e. The SMILES string of the molecule is O=C(c1coc2ccccc12)N1CCOC(CCl)C1. The molecule has 4 nitrogen and oxygen atoms in total. The van der Waals surface area contributed by atoms with Crippen LogP contribution in [0.4, 0.5) is 0 Å². The van der Waals surface area contributed by atoms with E-state index in [9.17, 15) is 4.79 Å². The second-order valence-electron chi connectivity index (χ2n) is 4.54. The maximum Gasteiger partial charge on any atom is 0.257 e. The van der Waals surface area contributed by atoms with Gasteiger partial charge in [0.2, 0.25) is 0 Å². The molecule has 0 N–H and O–H groups in total. The average molecular weight is 280 g/mol. The first-order valence-electron chi connectivity index (χ1n) is 6.22. The number of hydrogen-bond acceptors (Lipinski definition) is 3. The van der Waals surface area contributed by atoms with Gasteiger partial charge in [-0.3, -0.25) is 4.79 Å². The number of morpholine rings is 1. The molecule has 2 heterocycles. The highest BCUT2D eigenvalue weighted by atomic mass is 35.5. The summed E-state index contributed by atoms with van der Waals surface area (Å²) in [5.74, 6) is 0.374. The van der Waals surface area contributed by atoms with Gasteiger partial charge in [-0.1, -0.05) is 18.2 Å². The molecule has 3 rings (SSSR count). The van der Waals surface area contributed by atoms with E-state index in [0.29, 0.717) is 31.1 Å². The maximum atomic E-state index is 12.5. The second kappa shape index (κ2) is 5.23. The van der Waals surface area contributed by atoms with Crippen molar-refractivity contribution in [2.45, 2.75) is 6.10 Å². The highest BCUT2D eigenvalue weighted by Crippen LogP contribution is 2.23. The normalized spacial score (nSPS) is 19.8. The Balaban J connectivity index is 1.87. The molecule has 1 saturated heterocycles. The minimum atomic E-state index is -0.0856. The third kappa shape index (κ3) is 2.33. The molecule has 1 fully saturated rings. The van der Waals surface area contributed by atoms with Crippen LogP contribution in [0.5, 0.6) is 0 Å². The van der Waals surface area contributed by atoms with Crippen LogP contribution in [0.15, 0.2) is 34.9 Å². The number of hydrogen-bond donors (Lipinski definition) is 0. The summed E-state index contributed by atoms with van der Waals surface area (Å²) in [6, 6.07) is 7.53. The molecule has 0 saturated carbocycles. The molecule has 1 aromatic heterocycles. The van der Waals surface area contributed by atoms with Gasteiger partial charge < -0.3 is 14.1 Å². The van der Waals surface area contributed by atoms with E-state index in [1.54, 1.807) is 4.90 Å². The standard InChI is InChI=1S/C14H14ClNO3/c15-7-10-8-16(5-6-18-10)14(17)12-9-19-13-4-2-1-3-11(12)13/h1-4,9-10H,5-8H2. The molecule has 1 amide bonds. The minimum absolute atomic E-state index is 0.0247. The summed E-state index contributed by atoms with van der Waals surface area (Å²) in [7, 11) is 0. The molecule has 2 aromatic rings. The van der Waals surface area contributed by atoms with Crippen LogP contribution in [0.25, 0.3) is 11.0 Å². The van der Waals surface area contributed by atoms with E-state index in [1.165, 1.54) is 6.26 Å². The molecule has 1 aliphatic rings. The number of halogens is 1.